The third-order valence-corrected chi connectivity index (χ3v) is 8.70. The molecule has 3 heteroatoms. The molecular weight excluding hydrogens is 587 g/mol. The van der Waals surface area contributed by atoms with Crippen LogP contribution >= 0.6 is 0 Å². The molecule has 0 spiro atoms. The highest BCUT2D eigenvalue weighted by Crippen LogP contribution is 2.21. The highest BCUT2D eigenvalue weighted by atomic mass is 16.5. The fraction of sp³-hybridized carbons (Fsp3) is 0.778. The minimum atomic E-state index is -0.398. The van der Waals surface area contributed by atoms with Crippen molar-refractivity contribution in [2.75, 3.05) is 20.6 Å². The summed E-state index contributed by atoms with van der Waals surface area (Å²) in [6.45, 7) is 13.6. The number of hydrogen-bond donors (Lipinski definition) is 1. The number of hydrogen-bond acceptors (Lipinski definition) is 3. The van der Waals surface area contributed by atoms with Crippen molar-refractivity contribution < 1.29 is 9.84 Å². The van der Waals surface area contributed by atoms with Crippen LogP contribution in [0, 0.1) is 0 Å². The lowest BCUT2D eigenvalue weighted by Gasteiger charge is -2.26. The van der Waals surface area contributed by atoms with E-state index in [1.54, 1.807) is 0 Å². The minimum Gasteiger partial charge on any atom is -0.493 e. The van der Waals surface area contributed by atoms with E-state index >= 15 is 0 Å². The number of nitrogens with zero attached hydrogens (tertiary/aromatic N) is 1. The second-order valence-corrected chi connectivity index (χ2v) is 13.7. The summed E-state index contributed by atoms with van der Waals surface area (Å²) >= 11 is 0. The Morgan fingerprint density at radius 2 is 0.958 bits per heavy atom. The Hall–Kier alpha value is -1.58. The van der Waals surface area contributed by atoms with Crippen molar-refractivity contribution >= 4 is 0 Å². The Morgan fingerprint density at radius 3 is 1.44 bits per heavy atom. The van der Waals surface area contributed by atoms with Crippen LogP contribution in [0.15, 0.2) is 60.9 Å². The van der Waals surface area contributed by atoms with Crippen LogP contribution < -0.4 is 0 Å². The van der Waals surface area contributed by atoms with Gasteiger partial charge in [-0.15, -0.1) is 0 Å². The Bertz CT molecular complexity index is 750. The smallest absolute Gasteiger partial charge is 0.124 e. The number of aliphatic hydroxyl groups is 1. The van der Waals surface area contributed by atoms with E-state index < -0.39 is 6.10 Å². The second-order valence-electron chi connectivity index (χ2n) is 13.7. The van der Waals surface area contributed by atoms with Crippen molar-refractivity contribution in [1.82, 2.24) is 4.90 Å². The standard InChI is InChI=1S/C43H79NO2.C2H6/c1-6-8-10-12-14-16-18-20-22-24-25-27-29-31-33-35-37-42(45)43(46-41(3)39-40-44(4)5)38-36-34-32-30-28-26-23-21-19-17-15-13-11-9-7-2;1-2/h14-17,21-24,42-43,45H,3,6-13,18-20,25-40H2,1-2,4-5H3;1-2H3/b16-14-,17-15-,23-21-,24-22-;. The Labute approximate surface area is 302 Å². The molecule has 2 atom stereocenters. The highest BCUT2D eigenvalue weighted by molar-refractivity contribution is 4.93. The Morgan fingerprint density at radius 1 is 0.562 bits per heavy atom. The molecule has 0 aromatic rings. The minimum absolute atomic E-state index is 0.121. The number of allylic oxidation sites excluding steroid dienone is 8. The molecule has 0 saturated heterocycles. The number of rotatable bonds is 35. The fourth-order valence-electron chi connectivity index (χ4n) is 5.62. The summed E-state index contributed by atoms with van der Waals surface area (Å²) in [6, 6.07) is 0. The molecule has 0 aliphatic rings. The number of ether oxygens (including phenoxy) is 1. The molecule has 2 unspecified atom stereocenters. The first-order chi connectivity index (χ1) is 23.5. The maximum atomic E-state index is 11.1. The van der Waals surface area contributed by atoms with Gasteiger partial charge in [0.15, 0.2) is 0 Å². The third-order valence-electron chi connectivity index (χ3n) is 8.70. The van der Waals surface area contributed by atoms with E-state index in [0.717, 1.165) is 50.8 Å². The van der Waals surface area contributed by atoms with Gasteiger partial charge in [-0.1, -0.05) is 154 Å². The lowest BCUT2D eigenvalue weighted by molar-refractivity contribution is -0.0175. The molecule has 0 aromatic heterocycles. The summed E-state index contributed by atoms with van der Waals surface area (Å²) in [7, 11) is 4.15. The van der Waals surface area contributed by atoms with Gasteiger partial charge in [0.25, 0.3) is 0 Å². The maximum Gasteiger partial charge on any atom is 0.124 e. The molecule has 0 radical (unpaired) electrons. The van der Waals surface area contributed by atoms with Gasteiger partial charge in [0, 0.05) is 13.0 Å². The van der Waals surface area contributed by atoms with Crippen LogP contribution in [0.3, 0.4) is 0 Å². The molecule has 0 saturated carbocycles. The van der Waals surface area contributed by atoms with Crippen LogP contribution in [-0.2, 0) is 4.74 Å². The normalized spacial score (nSPS) is 13.2. The summed E-state index contributed by atoms with van der Waals surface area (Å²) in [4.78, 5) is 2.16. The van der Waals surface area contributed by atoms with Crippen molar-refractivity contribution in [3.63, 3.8) is 0 Å². The number of unbranched alkanes of at least 4 members (excludes halogenated alkanes) is 17. The zero-order valence-corrected chi connectivity index (χ0v) is 33.4. The first-order valence-electron chi connectivity index (χ1n) is 20.8. The van der Waals surface area contributed by atoms with Crippen molar-refractivity contribution in [1.29, 1.82) is 0 Å². The third kappa shape index (κ3) is 38.9. The first kappa shape index (κ1) is 48.5. The van der Waals surface area contributed by atoms with E-state index in [-0.39, 0.29) is 6.10 Å². The average molecular weight is 672 g/mol. The predicted octanol–water partition coefficient (Wildman–Crippen LogP) is 14.2. The van der Waals surface area contributed by atoms with Crippen LogP contribution in [0.2, 0.25) is 0 Å². The Kier molecular flexibility index (Phi) is 42.1. The van der Waals surface area contributed by atoms with Crippen LogP contribution in [0.5, 0.6) is 0 Å². The molecule has 0 heterocycles. The predicted molar refractivity (Wildman–Crippen MR) is 218 cm³/mol. The summed E-state index contributed by atoms with van der Waals surface area (Å²) in [5.41, 5.74) is 0. The molecule has 282 valence electrons. The van der Waals surface area contributed by atoms with Crippen molar-refractivity contribution in [2.45, 2.75) is 207 Å². The zero-order valence-electron chi connectivity index (χ0n) is 33.4. The molecular formula is C45H85NO2. The van der Waals surface area contributed by atoms with E-state index in [9.17, 15) is 5.11 Å². The van der Waals surface area contributed by atoms with Gasteiger partial charge in [0.2, 0.25) is 0 Å². The molecule has 0 aromatic carbocycles. The van der Waals surface area contributed by atoms with Crippen LogP contribution in [0.4, 0.5) is 0 Å². The monoisotopic (exact) mass is 672 g/mol. The van der Waals surface area contributed by atoms with E-state index in [1.165, 1.54) is 128 Å². The van der Waals surface area contributed by atoms with E-state index in [0.29, 0.717) is 0 Å². The van der Waals surface area contributed by atoms with Gasteiger partial charge in [0.05, 0.1) is 11.9 Å². The average Bonchev–Trinajstić information content (AvgIpc) is 3.09. The fourth-order valence-corrected chi connectivity index (χ4v) is 5.62. The number of aliphatic hydroxyl groups excluding tert-OH is 1. The summed E-state index contributed by atoms with van der Waals surface area (Å²) in [5.74, 6) is 0.816. The van der Waals surface area contributed by atoms with Gasteiger partial charge in [-0.3, -0.25) is 0 Å². The first-order valence-corrected chi connectivity index (χ1v) is 20.8. The zero-order chi connectivity index (χ0) is 35.8. The van der Waals surface area contributed by atoms with Crippen molar-refractivity contribution in [3.8, 4) is 0 Å². The van der Waals surface area contributed by atoms with E-state index in [2.05, 4.69) is 88.0 Å². The summed E-state index contributed by atoms with van der Waals surface area (Å²) < 4.78 is 6.26. The van der Waals surface area contributed by atoms with Gasteiger partial charge in [0.1, 0.15) is 6.10 Å². The molecule has 48 heavy (non-hydrogen) atoms. The van der Waals surface area contributed by atoms with Crippen LogP contribution in [-0.4, -0.2) is 42.9 Å². The molecule has 1 N–H and O–H groups in total. The maximum absolute atomic E-state index is 11.1. The van der Waals surface area contributed by atoms with Gasteiger partial charge >= 0.3 is 0 Å². The SMILES string of the molecule is C=C(CCN(C)C)OC(CCCCCCC/C=C\C/C=C\CCCCC)C(O)CCCCCCC/C=C\CC/C=C\CCCCC.CC. The van der Waals surface area contributed by atoms with E-state index in [4.69, 9.17) is 4.74 Å². The van der Waals surface area contributed by atoms with Gasteiger partial charge < -0.3 is 14.7 Å². The summed E-state index contributed by atoms with van der Waals surface area (Å²) in [5, 5.41) is 11.1. The van der Waals surface area contributed by atoms with Gasteiger partial charge in [-0.25, -0.2) is 0 Å². The molecule has 0 aliphatic heterocycles. The van der Waals surface area contributed by atoms with Crippen LogP contribution in [0.1, 0.15) is 195 Å². The Balaban J connectivity index is 0. The second kappa shape index (κ2) is 41.6. The quantitative estimate of drug-likeness (QED) is 0.0413. The van der Waals surface area contributed by atoms with Gasteiger partial charge in [-0.05, 0) is 104 Å². The summed E-state index contributed by atoms with van der Waals surface area (Å²) in [6.07, 6.45) is 49.3. The molecule has 0 fully saturated rings. The van der Waals surface area contributed by atoms with Crippen molar-refractivity contribution in [3.05, 3.63) is 60.9 Å². The molecule has 0 aliphatic carbocycles. The molecule has 0 bridgehead atoms. The lowest BCUT2D eigenvalue weighted by Crippen LogP contribution is -2.29. The molecule has 3 nitrogen and oxygen atoms in total. The van der Waals surface area contributed by atoms with Gasteiger partial charge in [-0.2, -0.15) is 0 Å². The highest BCUT2D eigenvalue weighted by Gasteiger charge is 2.21. The largest absolute Gasteiger partial charge is 0.493 e. The van der Waals surface area contributed by atoms with Crippen molar-refractivity contribution in [2.24, 2.45) is 0 Å². The van der Waals surface area contributed by atoms with E-state index in [1.807, 2.05) is 13.8 Å². The molecule has 0 rings (SSSR count). The lowest BCUT2D eigenvalue weighted by atomic mass is 9.99. The topological polar surface area (TPSA) is 32.7 Å². The molecule has 0 amide bonds. The van der Waals surface area contributed by atoms with Crippen LogP contribution in [0.25, 0.3) is 0 Å².